The maximum absolute atomic E-state index is 13.0. The van der Waals surface area contributed by atoms with E-state index in [0.29, 0.717) is 32.8 Å². The molecule has 2 aromatic carbocycles. The summed E-state index contributed by atoms with van der Waals surface area (Å²) in [5, 5.41) is 44.2. The summed E-state index contributed by atoms with van der Waals surface area (Å²) >= 11 is 0.581. The number of aromatic carboxylic acids is 1. The van der Waals surface area contributed by atoms with Gasteiger partial charge in [0.05, 0.1) is 22.8 Å². The number of ether oxygens (including phenoxy) is 1. The molecule has 1 amide bonds. The van der Waals surface area contributed by atoms with Crippen LogP contribution in [0.4, 0.5) is 5.69 Å². The number of aromatic nitrogens is 2. The molecule has 0 spiro atoms. The third-order valence-electron chi connectivity index (χ3n) is 8.20. The lowest BCUT2D eigenvalue weighted by Gasteiger charge is -2.19. The zero-order valence-corrected chi connectivity index (χ0v) is 32.6. The van der Waals surface area contributed by atoms with Crippen LogP contribution in [0.15, 0.2) is 84.5 Å². The minimum absolute atomic E-state index is 0.0167. The first-order valence-electron chi connectivity index (χ1n) is 16.2. The highest BCUT2D eigenvalue weighted by Crippen LogP contribution is 2.66. The lowest BCUT2D eigenvalue weighted by molar-refractivity contribution is -0.113. The van der Waals surface area contributed by atoms with E-state index in [2.05, 4.69) is 18.5 Å². The zero-order valence-electron chi connectivity index (χ0n) is 29.1. The number of phenolic OH excluding ortho intramolecular Hbond substituents is 1. The first kappa shape index (κ1) is 43.8. The number of aliphatic hydroxyl groups is 2. The molecule has 28 heteroatoms. The number of benzene rings is 3. The van der Waals surface area contributed by atoms with Crippen LogP contribution in [0.2, 0.25) is 0 Å². The molecule has 59 heavy (non-hydrogen) atoms. The van der Waals surface area contributed by atoms with Crippen molar-refractivity contribution in [3.05, 3.63) is 97.4 Å². The number of hydrogen-bond donors (Lipinski definition) is 10. The fourth-order valence-electron chi connectivity index (χ4n) is 5.83. The molecule has 0 saturated carbocycles. The fraction of sp³-hybridized carbons (Fsp3) is 0.194. The molecule has 314 valence electrons. The molecule has 1 saturated heterocycles. The summed E-state index contributed by atoms with van der Waals surface area (Å²) in [5.41, 5.74) is -1.75. The molecule has 3 aliphatic rings. The number of hydrogen-bond acceptors (Lipinski definition) is 17. The lowest BCUT2D eigenvalue weighted by Crippen LogP contribution is -2.38. The van der Waals surface area contributed by atoms with Crippen molar-refractivity contribution in [2.45, 2.75) is 29.4 Å². The highest BCUT2D eigenvalue weighted by atomic mass is 32.2. The van der Waals surface area contributed by atoms with Gasteiger partial charge in [-0.1, -0.05) is 6.07 Å². The van der Waals surface area contributed by atoms with Crippen molar-refractivity contribution in [2.75, 3.05) is 17.7 Å². The first-order valence-corrected chi connectivity index (χ1v) is 21.7. The van der Waals surface area contributed by atoms with E-state index in [0.717, 1.165) is 6.20 Å². The number of nitrogens with zero attached hydrogens (tertiary/aromatic N) is 1. The van der Waals surface area contributed by atoms with E-state index in [1.165, 1.54) is 54.6 Å². The number of rotatable bonds is 14. The number of aliphatic hydroxyl groups excluding tert-OH is 2. The summed E-state index contributed by atoms with van der Waals surface area (Å²) in [5.74, 6) is -2.69. The smallest absolute Gasteiger partial charge is 0.490 e. The summed E-state index contributed by atoms with van der Waals surface area (Å²) in [6.45, 7) is -1.19. The van der Waals surface area contributed by atoms with Crippen molar-refractivity contribution < 1.29 is 85.6 Å². The highest BCUT2D eigenvalue weighted by Gasteiger charge is 2.47. The van der Waals surface area contributed by atoms with Gasteiger partial charge in [-0.05, 0) is 42.0 Å². The van der Waals surface area contributed by atoms with Crippen molar-refractivity contribution in [3.8, 4) is 28.2 Å². The molecule has 6 atom stereocenters. The van der Waals surface area contributed by atoms with E-state index in [-0.39, 0.29) is 44.2 Å². The number of phenols is 1. The monoisotopic (exact) mass is 903 g/mol. The van der Waals surface area contributed by atoms with Gasteiger partial charge in [-0.2, -0.15) is 8.62 Å². The Morgan fingerprint density at radius 3 is 2.31 bits per heavy atom. The molecule has 10 N–H and O–H groups in total. The Bertz CT molecular complexity index is 2780. The molecular weight excluding hydrogens is 875 g/mol. The number of phosphoric acid groups is 3. The van der Waals surface area contributed by atoms with Crippen LogP contribution in [0.5, 0.6) is 5.75 Å². The van der Waals surface area contributed by atoms with Crippen molar-refractivity contribution >= 4 is 63.8 Å². The first-order chi connectivity index (χ1) is 27.5. The predicted octanol–water partition coefficient (Wildman–Crippen LogP) is 1.51. The number of carboxylic acids is 1. The maximum Gasteiger partial charge on any atom is 0.490 e. The van der Waals surface area contributed by atoms with Crippen LogP contribution in [0.25, 0.3) is 33.4 Å². The number of aromatic amines is 1. The normalized spacial score (nSPS) is 20.3. The van der Waals surface area contributed by atoms with Crippen LogP contribution >= 0.6 is 35.2 Å². The number of phosphoric ester groups is 1. The number of carbonyl (C=O) groups excluding carboxylic acids is 1. The van der Waals surface area contributed by atoms with Gasteiger partial charge in [0.1, 0.15) is 35.4 Å². The van der Waals surface area contributed by atoms with Gasteiger partial charge in [-0.15, -0.1) is 11.8 Å². The van der Waals surface area contributed by atoms with Gasteiger partial charge in [0, 0.05) is 40.5 Å². The number of nitrogens with one attached hydrogen (secondary N) is 2. The molecule has 0 bridgehead atoms. The van der Waals surface area contributed by atoms with Crippen LogP contribution in [0.3, 0.4) is 0 Å². The standard InChI is InChI=1S/C31H28N3O21P3S/c35-14-2-5-17-20(8-14)52-21-9-15(36)3-6-18(21)25(17)16-4-1-13(7-19(16)30(41)42)32-24(37)12-59-23-10-34(31(43)33-28(23)40)29-27(39)26(38)22(53-29)11-51-57(47,48)55-58(49,50)54-56(44,45)46/h1-10,22,26-27,29,35,38-39H,11-12H2,(H,32,37)(H,41,42)(H,47,48)(H,49,50)(H,33,40,43)(H2,44,45,46)/t22-,26-,27-,29-/m1/s1. The molecule has 1 aliphatic carbocycles. The average molecular weight is 904 g/mol. The van der Waals surface area contributed by atoms with E-state index < -0.39 is 83.5 Å². The van der Waals surface area contributed by atoms with E-state index in [1.807, 2.05) is 4.98 Å². The van der Waals surface area contributed by atoms with Gasteiger partial charge in [0.25, 0.3) is 5.56 Å². The van der Waals surface area contributed by atoms with Gasteiger partial charge < -0.3 is 54.5 Å². The second-order valence-corrected chi connectivity index (χ2v) is 17.7. The summed E-state index contributed by atoms with van der Waals surface area (Å²) in [6.07, 6.45) is -6.69. The summed E-state index contributed by atoms with van der Waals surface area (Å²) < 4.78 is 57.9. The van der Waals surface area contributed by atoms with Crippen LogP contribution in [-0.4, -0.2) is 92.1 Å². The number of anilines is 1. The van der Waals surface area contributed by atoms with Gasteiger partial charge in [-0.25, -0.2) is 23.3 Å². The van der Waals surface area contributed by atoms with E-state index in [9.17, 15) is 67.9 Å². The molecule has 1 fully saturated rings. The minimum atomic E-state index is -5.88. The van der Waals surface area contributed by atoms with Crippen LogP contribution in [0.1, 0.15) is 16.6 Å². The fourth-order valence-corrected chi connectivity index (χ4v) is 9.59. The quantitative estimate of drug-likeness (QED) is 0.0429. The van der Waals surface area contributed by atoms with Crippen LogP contribution in [0, 0.1) is 0 Å². The number of H-pyrrole nitrogens is 1. The summed E-state index contributed by atoms with van der Waals surface area (Å²) in [7, 11) is -17.2. The van der Waals surface area contributed by atoms with Crippen LogP contribution < -0.4 is 22.0 Å². The lowest BCUT2D eigenvalue weighted by atomic mass is 9.90. The Morgan fingerprint density at radius 2 is 1.61 bits per heavy atom. The van der Waals surface area contributed by atoms with E-state index in [4.69, 9.17) is 18.9 Å². The Labute approximate surface area is 331 Å². The van der Waals surface area contributed by atoms with Gasteiger partial charge in [-0.3, -0.25) is 28.5 Å². The maximum atomic E-state index is 13.0. The van der Waals surface area contributed by atoms with Gasteiger partial charge >= 0.3 is 35.1 Å². The SMILES string of the molecule is O=C(CSc1cn([C@@H]2O[C@H](COP(=O)(O)OP(=O)(O)OP(=O)(O)O)[C@@H](O)[C@H]2O)c(=O)[nH]c1=O)Nc1ccc(-c2c3ccc(=O)cc-3oc3cc(O)ccc23)c(C(=O)O)c1. The predicted molar refractivity (Wildman–Crippen MR) is 200 cm³/mol. The largest absolute Gasteiger partial charge is 0.508 e. The molecule has 24 nitrogen and oxygen atoms in total. The molecular formula is C31H28N3O21P3S. The Morgan fingerprint density at radius 1 is 0.898 bits per heavy atom. The van der Waals surface area contributed by atoms with Crippen molar-refractivity contribution in [1.82, 2.24) is 9.55 Å². The Hall–Kier alpha value is -4.81. The molecule has 0 radical (unpaired) electrons. The molecule has 2 unspecified atom stereocenters. The number of thioether (sulfide) groups is 1. The van der Waals surface area contributed by atoms with Crippen LogP contribution in [-0.2, 0) is 36.4 Å². The molecule has 2 aliphatic heterocycles. The third-order valence-corrected chi connectivity index (χ3v) is 13.0. The van der Waals surface area contributed by atoms with E-state index in [1.54, 1.807) is 0 Å². The number of amides is 1. The van der Waals surface area contributed by atoms with Crippen molar-refractivity contribution in [1.29, 1.82) is 0 Å². The van der Waals surface area contributed by atoms with Crippen molar-refractivity contribution in [2.24, 2.45) is 0 Å². The number of carbonyl (C=O) groups is 2. The Balaban J connectivity index is 1.16. The number of aromatic hydroxyl groups is 1. The molecule has 3 heterocycles. The third kappa shape index (κ3) is 10.1. The zero-order chi connectivity index (χ0) is 43.2. The second kappa shape index (κ2) is 16.7. The molecule has 6 rings (SSSR count). The topological polar surface area (TPSA) is 381 Å². The Kier molecular flexibility index (Phi) is 12.4. The number of fused-ring (bicyclic) bond motifs is 2. The molecule has 3 aromatic rings. The van der Waals surface area contributed by atoms with Gasteiger partial charge in [0.15, 0.2) is 11.7 Å². The summed E-state index contributed by atoms with van der Waals surface area (Å²) in [4.78, 5) is 101. The average Bonchev–Trinajstić information content (AvgIpc) is 3.39. The van der Waals surface area contributed by atoms with E-state index >= 15 is 0 Å². The second-order valence-electron chi connectivity index (χ2n) is 12.3. The van der Waals surface area contributed by atoms with Crippen molar-refractivity contribution in [3.63, 3.8) is 0 Å². The van der Waals surface area contributed by atoms with Gasteiger partial charge in [0.2, 0.25) is 5.91 Å². The summed E-state index contributed by atoms with van der Waals surface area (Å²) in [6, 6.07) is 12.1. The highest BCUT2D eigenvalue weighted by molar-refractivity contribution is 8.00. The minimum Gasteiger partial charge on any atom is -0.508 e. The number of carboxylic acid groups (broad SMARTS) is 1. The molecule has 1 aromatic heterocycles.